The minimum Gasteiger partial charge on any atom is -0.340 e. The summed E-state index contributed by atoms with van der Waals surface area (Å²) in [7, 11) is 0. The lowest BCUT2D eigenvalue weighted by Crippen LogP contribution is -2.50. The summed E-state index contributed by atoms with van der Waals surface area (Å²) in [6.45, 7) is 4.13. The zero-order valence-corrected chi connectivity index (χ0v) is 17.4. The van der Waals surface area contributed by atoms with Crippen molar-refractivity contribution in [2.75, 3.05) is 37.6 Å². The van der Waals surface area contributed by atoms with Crippen molar-refractivity contribution in [3.8, 4) is 6.07 Å². The van der Waals surface area contributed by atoms with Crippen LogP contribution in [0.3, 0.4) is 0 Å². The SMILES string of the molecule is N#Cc1ccc(CN2CCN(C(=O)C3CC(=O)N(c4cccc(Cl)c4)C3)CC2)cc1. The summed E-state index contributed by atoms with van der Waals surface area (Å²) >= 11 is 6.05. The Morgan fingerprint density at radius 1 is 1.10 bits per heavy atom. The maximum Gasteiger partial charge on any atom is 0.228 e. The number of nitriles is 1. The monoisotopic (exact) mass is 422 g/mol. The fraction of sp³-hybridized carbons (Fsp3) is 0.348. The van der Waals surface area contributed by atoms with Crippen LogP contribution in [0.1, 0.15) is 17.5 Å². The van der Waals surface area contributed by atoms with Gasteiger partial charge in [-0.1, -0.05) is 29.8 Å². The second kappa shape index (κ2) is 8.86. The van der Waals surface area contributed by atoms with Gasteiger partial charge in [-0.3, -0.25) is 14.5 Å². The quantitative estimate of drug-likeness (QED) is 0.759. The van der Waals surface area contributed by atoms with Crippen LogP contribution in [-0.2, 0) is 16.1 Å². The normalized spacial score (nSPS) is 19.7. The summed E-state index contributed by atoms with van der Waals surface area (Å²) in [6.07, 6.45) is 0.247. The van der Waals surface area contributed by atoms with E-state index in [0.29, 0.717) is 30.2 Å². The highest BCUT2D eigenvalue weighted by molar-refractivity contribution is 6.31. The number of hydrogen-bond donors (Lipinski definition) is 0. The van der Waals surface area contributed by atoms with Crippen molar-refractivity contribution in [3.05, 3.63) is 64.7 Å². The number of carbonyl (C=O) groups excluding carboxylic acids is 2. The molecule has 1 unspecified atom stereocenters. The third kappa shape index (κ3) is 4.48. The number of halogens is 1. The smallest absolute Gasteiger partial charge is 0.228 e. The molecule has 30 heavy (non-hydrogen) atoms. The Labute approximate surface area is 181 Å². The molecule has 2 heterocycles. The number of benzene rings is 2. The first-order valence-corrected chi connectivity index (χ1v) is 10.5. The van der Waals surface area contributed by atoms with Crippen LogP contribution in [0.25, 0.3) is 0 Å². The molecule has 6 nitrogen and oxygen atoms in total. The first kappa shape index (κ1) is 20.4. The second-order valence-corrected chi connectivity index (χ2v) is 8.23. The first-order chi connectivity index (χ1) is 14.5. The highest BCUT2D eigenvalue weighted by atomic mass is 35.5. The largest absolute Gasteiger partial charge is 0.340 e. The van der Waals surface area contributed by atoms with Gasteiger partial charge in [-0.25, -0.2) is 0 Å². The summed E-state index contributed by atoms with van der Waals surface area (Å²) in [5.74, 6) is -0.275. The Morgan fingerprint density at radius 2 is 1.83 bits per heavy atom. The van der Waals surface area contributed by atoms with E-state index in [1.807, 2.05) is 41.3 Å². The van der Waals surface area contributed by atoms with E-state index in [0.717, 1.165) is 30.9 Å². The number of nitrogens with zero attached hydrogens (tertiary/aromatic N) is 4. The average Bonchev–Trinajstić information content (AvgIpc) is 3.16. The van der Waals surface area contributed by atoms with Crippen molar-refractivity contribution in [1.29, 1.82) is 5.26 Å². The van der Waals surface area contributed by atoms with E-state index in [-0.39, 0.29) is 24.2 Å². The molecule has 154 valence electrons. The van der Waals surface area contributed by atoms with Crippen LogP contribution in [0.15, 0.2) is 48.5 Å². The van der Waals surface area contributed by atoms with Gasteiger partial charge in [-0.05, 0) is 35.9 Å². The van der Waals surface area contributed by atoms with Crippen molar-refractivity contribution in [2.45, 2.75) is 13.0 Å². The molecule has 2 fully saturated rings. The summed E-state index contributed by atoms with van der Waals surface area (Å²) in [5.41, 5.74) is 2.56. The molecule has 2 saturated heterocycles. The predicted octanol–water partition coefficient (Wildman–Crippen LogP) is 2.91. The van der Waals surface area contributed by atoms with Gasteiger partial charge < -0.3 is 9.80 Å². The van der Waals surface area contributed by atoms with Gasteiger partial charge in [0.25, 0.3) is 0 Å². The number of hydrogen-bond acceptors (Lipinski definition) is 4. The van der Waals surface area contributed by atoms with Crippen molar-refractivity contribution in [1.82, 2.24) is 9.80 Å². The number of amides is 2. The molecule has 7 heteroatoms. The zero-order valence-electron chi connectivity index (χ0n) is 16.6. The molecule has 2 aliphatic heterocycles. The van der Waals surface area contributed by atoms with Crippen molar-refractivity contribution < 1.29 is 9.59 Å². The lowest BCUT2D eigenvalue weighted by atomic mass is 10.1. The molecule has 2 aliphatic rings. The molecule has 1 atom stereocenters. The fourth-order valence-corrected chi connectivity index (χ4v) is 4.28. The molecule has 2 aromatic carbocycles. The van der Waals surface area contributed by atoms with E-state index >= 15 is 0 Å². The molecule has 0 bridgehead atoms. The van der Waals surface area contributed by atoms with Gasteiger partial charge in [0.05, 0.1) is 17.6 Å². The van der Waals surface area contributed by atoms with Crippen LogP contribution < -0.4 is 4.90 Å². The molecular formula is C23H23ClN4O2. The highest BCUT2D eigenvalue weighted by Gasteiger charge is 2.37. The van der Waals surface area contributed by atoms with Crippen LogP contribution in [0.4, 0.5) is 5.69 Å². The molecule has 0 aromatic heterocycles. The van der Waals surface area contributed by atoms with Gasteiger partial charge in [-0.2, -0.15) is 5.26 Å². The maximum atomic E-state index is 13.0. The molecule has 0 radical (unpaired) electrons. The van der Waals surface area contributed by atoms with Gasteiger partial charge in [0.1, 0.15) is 0 Å². The molecule has 0 N–H and O–H groups in total. The molecular weight excluding hydrogens is 400 g/mol. The first-order valence-electron chi connectivity index (χ1n) is 10.1. The number of anilines is 1. The zero-order chi connectivity index (χ0) is 21.1. The van der Waals surface area contributed by atoms with Crippen molar-refractivity contribution >= 4 is 29.1 Å². The van der Waals surface area contributed by atoms with Crippen LogP contribution in [-0.4, -0.2) is 54.3 Å². The van der Waals surface area contributed by atoms with Gasteiger partial charge in [0, 0.05) is 56.4 Å². The molecule has 4 rings (SSSR count). The van der Waals surface area contributed by atoms with Crippen LogP contribution in [0.5, 0.6) is 0 Å². The predicted molar refractivity (Wildman–Crippen MR) is 115 cm³/mol. The Hall–Kier alpha value is -2.88. The van der Waals surface area contributed by atoms with E-state index in [1.165, 1.54) is 0 Å². The molecule has 0 spiro atoms. The Balaban J connectivity index is 1.31. The summed E-state index contributed by atoms with van der Waals surface area (Å²) in [6, 6.07) is 16.9. The van der Waals surface area contributed by atoms with Gasteiger partial charge in [0.15, 0.2) is 0 Å². The van der Waals surface area contributed by atoms with Crippen LogP contribution in [0, 0.1) is 17.2 Å². The van der Waals surface area contributed by atoms with Crippen molar-refractivity contribution in [2.24, 2.45) is 5.92 Å². The van der Waals surface area contributed by atoms with E-state index in [4.69, 9.17) is 16.9 Å². The number of piperazine rings is 1. The van der Waals surface area contributed by atoms with Crippen molar-refractivity contribution in [3.63, 3.8) is 0 Å². The van der Waals surface area contributed by atoms with Gasteiger partial charge in [-0.15, -0.1) is 0 Å². The van der Waals surface area contributed by atoms with E-state index < -0.39 is 0 Å². The Bertz CT molecular complexity index is 977. The van der Waals surface area contributed by atoms with Crippen LogP contribution in [0.2, 0.25) is 5.02 Å². The highest BCUT2D eigenvalue weighted by Crippen LogP contribution is 2.28. The number of carbonyl (C=O) groups is 2. The maximum absolute atomic E-state index is 13.0. The van der Waals surface area contributed by atoms with E-state index in [2.05, 4.69) is 11.0 Å². The van der Waals surface area contributed by atoms with E-state index in [9.17, 15) is 9.59 Å². The second-order valence-electron chi connectivity index (χ2n) is 7.80. The van der Waals surface area contributed by atoms with Crippen LogP contribution >= 0.6 is 11.6 Å². The average molecular weight is 423 g/mol. The molecule has 2 aromatic rings. The Morgan fingerprint density at radius 3 is 2.50 bits per heavy atom. The molecule has 0 aliphatic carbocycles. The standard InChI is InChI=1S/C23H23ClN4O2/c24-20-2-1-3-21(13-20)28-16-19(12-22(28)29)23(30)27-10-8-26(9-11-27)15-18-6-4-17(14-25)5-7-18/h1-7,13,19H,8-12,15-16H2. The summed E-state index contributed by atoms with van der Waals surface area (Å²) in [5, 5.41) is 9.48. The Kier molecular flexibility index (Phi) is 6.03. The topological polar surface area (TPSA) is 67.6 Å². The molecule has 2 amide bonds. The summed E-state index contributed by atoms with van der Waals surface area (Å²) in [4.78, 5) is 31.3. The minimum absolute atomic E-state index is 0.0323. The third-order valence-electron chi connectivity index (χ3n) is 5.77. The third-order valence-corrected chi connectivity index (χ3v) is 6.00. The van der Waals surface area contributed by atoms with Gasteiger partial charge in [0.2, 0.25) is 11.8 Å². The molecule has 0 saturated carbocycles. The fourth-order valence-electron chi connectivity index (χ4n) is 4.09. The van der Waals surface area contributed by atoms with E-state index in [1.54, 1.807) is 17.0 Å². The minimum atomic E-state index is -0.304. The lowest BCUT2D eigenvalue weighted by Gasteiger charge is -2.36. The summed E-state index contributed by atoms with van der Waals surface area (Å²) < 4.78 is 0. The lowest BCUT2D eigenvalue weighted by molar-refractivity contribution is -0.137. The number of rotatable bonds is 4. The van der Waals surface area contributed by atoms with Gasteiger partial charge >= 0.3 is 0 Å².